The summed E-state index contributed by atoms with van der Waals surface area (Å²) in [7, 11) is 0. The Kier molecular flexibility index (Phi) is 3.02. The molecule has 1 saturated carbocycles. The number of benzene rings is 1. The minimum absolute atomic E-state index is 0.691. The minimum atomic E-state index is 0.691. The molecule has 0 radical (unpaired) electrons. The van der Waals surface area contributed by atoms with Gasteiger partial charge < -0.3 is 5.73 Å². The van der Waals surface area contributed by atoms with Crippen molar-refractivity contribution in [2.45, 2.75) is 38.5 Å². The van der Waals surface area contributed by atoms with Crippen molar-refractivity contribution < 1.29 is 0 Å². The van der Waals surface area contributed by atoms with Crippen molar-refractivity contribution in [1.29, 1.82) is 0 Å². The van der Waals surface area contributed by atoms with E-state index < -0.39 is 0 Å². The molecule has 2 nitrogen and oxygen atoms in total. The molecule has 0 aliphatic heterocycles. The first-order valence-corrected chi connectivity index (χ1v) is 7.28. The number of anilines is 1. The van der Waals surface area contributed by atoms with Crippen LogP contribution in [-0.4, -0.2) is 4.98 Å². The molecule has 3 rings (SSSR count). The lowest BCUT2D eigenvalue weighted by molar-refractivity contribution is 0.357. The predicted molar refractivity (Wildman–Crippen MR) is 74.3 cm³/mol. The molecule has 1 aromatic heterocycles. The van der Waals surface area contributed by atoms with Gasteiger partial charge in [0.05, 0.1) is 10.2 Å². The fraction of sp³-hybridized carbons (Fsp3) is 0.500. The number of hydrogen-bond acceptors (Lipinski definition) is 3. The smallest absolute Gasteiger partial charge is 0.181 e. The van der Waals surface area contributed by atoms with E-state index >= 15 is 0 Å². The van der Waals surface area contributed by atoms with Crippen LogP contribution in [0.2, 0.25) is 0 Å². The molecule has 2 aromatic rings. The van der Waals surface area contributed by atoms with E-state index in [0.717, 1.165) is 11.4 Å². The highest BCUT2D eigenvalue weighted by Gasteiger charge is 2.16. The van der Waals surface area contributed by atoms with Gasteiger partial charge in [0.25, 0.3) is 0 Å². The Morgan fingerprint density at radius 2 is 2.06 bits per heavy atom. The third-order valence-corrected chi connectivity index (χ3v) is 4.60. The standard InChI is InChI=1S/C14H18N2S/c15-14-16-13-11(7-4-8-12(13)17-14)9-10-5-2-1-3-6-10/h4,7-8,10H,1-3,5-6,9H2,(H2,15,16). The van der Waals surface area contributed by atoms with Crippen LogP contribution in [0, 0.1) is 5.92 Å². The Bertz CT molecular complexity index is 512. The van der Waals surface area contributed by atoms with Gasteiger partial charge in [-0.3, -0.25) is 0 Å². The summed E-state index contributed by atoms with van der Waals surface area (Å²) in [6.07, 6.45) is 8.18. The molecule has 1 heterocycles. The second-order valence-electron chi connectivity index (χ2n) is 5.02. The van der Waals surface area contributed by atoms with Crippen LogP contribution in [0.4, 0.5) is 5.13 Å². The SMILES string of the molecule is Nc1nc2c(CC3CCCCC3)cccc2s1. The van der Waals surface area contributed by atoms with E-state index in [9.17, 15) is 0 Å². The summed E-state index contributed by atoms with van der Waals surface area (Å²) in [5, 5.41) is 0.691. The average molecular weight is 246 g/mol. The van der Waals surface area contributed by atoms with Crippen LogP contribution in [0.3, 0.4) is 0 Å². The number of thiazole rings is 1. The largest absolute Gasteiger partial charge is 0.375 e. The Labute approximate surface area is 106 Å². The average Bonchev–Trinajstić information content (AvgIpc) is 2.72. The van der Waals surface area contributed by atoms with Gasteiger partial charge >= 0.3 is 0 Å². The molecule has 1 fully saturated rings. The highest BCUT2D eigenvalue weighted by atomic mass is 32.1. The number of rotatable bonds is 2. The topological polar surface area (TPSA) is 38.9 Å². The lowest BCUT2D eigenvalue weighted by atomic mass is 9.85. The molecule has 3 heteroatoms. The van der Waals surface area contributed by atoms with Crippen molar-refractivity contribution in [3.8, 4) is 0 Å². The van der Waals surface area contributed by atoms with Gasteiger partial charge in [0.1, 0.15) is 0 Å². The van der Waals surface area contributed by atoms with E-state index in [1.54, 1.807) is 11.3 Å². The number of nitrogens with zero attached hydrogens (tertiary/aromatic N) is 1. The number of hydrogen-bond donors (Lipinski definition) is 1. The molecule has 1 aliphatic carbocycles. The van der Waals surface area contributed by atoms with Crippen LogP contribution in [-0.2, 0) is 6.42 Å². The Balaban J connectivity index is 1.88. The van der Waals surface area contributed by atoms with Crippen LogP contribution >= 0.6 is 11.3 Å². The molecule has 17 heavy (non-hydrogen) atoms. The third-order valence-electron chi connectivity index (χ3n) is 3.75. The van der Waals surface area contributed by atoms with Crippen molar-refractivity contribution >= 4 is 26.7 Å². The normalized spacial score (nSPS) is 17.6. The molecule has 0 saturated heterocycles. The first kappa shape index (κ1) is 11.0. The summed E-state index contributed by atoms with van der Waals surface area (Å²) >= 11 is 1.59. The monoisotopic (exact) mass is 246 g/mol. The van der Waals surface area contributed by atoms with Gasteiger partial charge in [-0.25, -0.2) is 4.98 Å². The van der Waals surface area contributed by atoms with Crippen LogP contribution in [0.25, 0.3) is 10.2 Å². The Hall–Kier alpha value is -1.09. The van der Waals surface area contributed by atoms with Crippen LogP contribution in [0.1, 0.15) is 37.7 Å². The van der Waals surface area contributed by atoms with E-state index in [0.29, 0.717) is 5.13 Å². The summed E-state index contributed by atoms with van der Waals surface area (Å²) in [6.45, 7) is 0. The number of nitrogens with two attached hydrogens (primary N) is 1. The lowest BCUT2D eigenvalue weighted by Gasteiger charge is -2.21. The molecule has 0 unspecified atom stereocenters. The van der Waals surface area contributed by atoms with Crippen LogP contribution in [0.15, 0.2) is 18.2 Å². The first-order chi connectivity index (χ1) is 8.33. The van der Waals surface area contributed by atoms with E-state index in [1.807, 2.05) is 0 Å². The minimum Gasteiger partial charge on any atom is -0.375 e. The summed E-state index contributed by atoms with van der Waals surface area (Å²) < 4.78 is 1.23. The van der Waals surface area contributed by atoms with Gasteiger partial charge in [-0.1, -0.05) is 55.6 Å². The van der Waals surface area contributed by atoms with Crippen molar-refractivity contribution in [3.05, 3.63) is 23.8 Å². The fourth-order valence-corrected chi connectivity index (χ4v) is 3.67. The molecule has 0 bridgehead atoms. The molecule has 1 aliphatic rings. The van der Waals surface area contributed by atoms with E-state index in [2.05, 4.69) is 23.2 Å². The Morgan fingerprint density at radius 1 is 1.24 bits per heavy atom. The maximum absolute atomic E-state index is 5.80. The summed E-state index contributed by atoms with van der Waals surface area (Å²) in [5.41, 5.74) is 8.33. The quantitative estimate of drug-likeness (QED) is 0.869. The number of nitrogen functional groups attached to an aromatic ring is 1. The van der Waals surface area contributed by atoms with Crippen molar-refractivity contribution in [1.82, 2.24) is 4.98 Å². The zero-order valence-electron chi connectivity index (χ0n) is 9.98. The lowest BCUT2D eigenvalue weighted by Crippen LogP contribution is -2.09. The Morgan fingerprint density at radius 3 is 2.88 bits per heavy atom. The van der Waals surface area contributed by atoms with Crippen molar-refractivity contribution in [3.63, 3.8) is 0 Å². The van der Waals surface area contributed by atoms with E-state index in [-0.39, 0.29) is 0 Å². The summed E-state index contributed by atoms with van der Waals surface area (Å²) in [4.78, 5) is 4.47. The second kappa shape index (κ2) is 4.65. The van der Waals surface area contributed by atoms with Gasteiger partial charge in [0.15, 0.2) is 5.13 Å². The summed E-state index contributed by atoms with van der Waals surface area (Å²) in [5.74, 6) is 0.859. The number of aromatic nitrogens is 1. The molecule has 0 atom stereocenters. The zero-order chi connectivity index (χ0) is 11.7. The number of para-hydroxylation sites is 1. The maximum atomic E-state index is 5.80. The molecular weight excluding hydrogens is 228 g/mol. The van der Waals surface area contributed by atoms with Gasteiger partial charge in [0.2, 0.25) is 0 Å². The second-order valence-corrected chi connectivity index (χ2v) is 6.09. The molecule has 90 valence electrons. The van der Waals surface area contributed by atoms with E-state index in [1.165, 1.54) is 48.8 Å². The van der Waals surface area contributed by atoms with E-state index in [4.69, 9.17) is 5.73 Å². The predicted octanol–water partition coefficient (Wildman–Crippen LogP) is 4.00. The van der Waals surface area contributed by atoms with Gasteiger partial charge in [-0.2, -0.15) is 0 Å². The van der Waals surface area contributed by atoms with Crippen LogP contribution < -0.4 is 5.73 Å². The number of fused-ring (bicyclic) bond motifs is 1. The van der Waals surface area contributed by atoms with Gasteiger partial charge in [-0.05, 0) is 24.0 Å². The van der Waals surface area contributed by atoms with Gasteiger partial charge in [-0.15, -0.1) is 0 Å². The highest BCUT2D eigenvalue weighted by Crippen LogP contribution is 2.31. The highest BCUT2D eigenvalue weighted by molar-refractivity contribution is 7.22. The zero-order valence-corrected chi connectivity index (χ0v) is 10.8. The van der Waals surface area contributed by atoms with Gasteiger partial charge in [0, 0.05) is 0 Å². The third kappa shape index (κ3) is 2.29. The van der Waals surface area contributed by atoms with Crippen molar-refractivity contribution in [2.24, 2.45) is 5.92 Å². The molecule has 0 amide bonds. The molecule has 0 spiro atoms. The molecule has 1 aromatic carbocycles. The maximum Gasteiger partial charge on any atom is 0.181 e. The van der Waals surface area contributed by atoms with Crippen molar-refractivity contribution in [2.75, 3.05) is 5.73 Å². The molecular formula is C14H18N2S. The van der Waals surface area contributed by atoms with Crippen LogP contribution in [0.5, 0.6) is 0 Å². The first-order valence-electron chi connectivity index (χ1n) is 6.47. The molecule has 2 N–H and O–H groups in total. The fourth-order valence-electron chi connectivity index (χ4n) is 2.89. The summed E-state index contributed by atoms with van der Waals surface area (Å²) in [6, 6.07) is 6.47.